The Hall–Kier alpha value is -1.22. The fourth-order valence-corrected chi connectivity index (χ4v) is 3.16. The van der Waals surface area contributed by atoms with Gasteiger partial charge in [0.1, 0.15) is 0 Å². The van der Waals surface area contributed by atoms with Gasteiger partial charge in [0.25, 0.3) is 0 Å². The summed E-state index contributed by atoms with van der Waals surface area (Å²) in [5.74, 6) is -1.52. The minimum atomic E-state index is -1.03. The molecule has 0 aliphatic heterocycles. The van der Waals surface area contributed by atoms with Gasteiger partial charge in [-0.2, -0.15) is 0 Å². The monoisotopic (exact) mass is 436 g/mol. The molecule has 180 valence electrons. The lowest BCUT2D eigenvalue weighted by Gasteiger charge is -2.31. The molecule has 0 amide bonds. The number of carboxylic acids is 2. The number of aliphatic carboxylic acids is 2. The number of unbranched alkanes of at least 4 members (excludes halogenated alkanes) is 1. The van der Waals surface area contributed by atoms with Crippen LogP contribution in [0.3, 0.4) is 0 Å². The highest BCUT2D eigenvalue weighted by Gasteiger charge is 2.30. The van der Waals surface area contributed by atoms with Crippen molar-refractivity contribution in [3.8, 4) is 0 Å². The highest BCUT2D eigenvalue weighted by Crippen LogP contribution is 2.28. The maximum absolute atomic E-state index is 10.6. The van der Waals surface area contributed by atoms with Gasteiger partial charge in [-0.15, -0.1) is 0 Å². The summed E-state index contributed by atoms with van der Waals surface area (Å²) in [5.41, 5.74) is -1.23. The predicted octanol–water partition coefficient (Wildman–Crippen LogP) is 2.78. The van der Waals surface area contributed by atoms with E-state index in [4.69, 9.17) is 14.9 Å². The van der Waals surface area contributed by atoms with Crippen LogP contribution in [0.5, 0.6) is 0 Å². The lowest BCUT2D eigenvalue weighted by molar-refractivity contribution is -0.142. The predicted molar refractivity (Wildman–Crippen MR) is 115 cm³/mol. The molecule has 2 unspecified atom stereocenters. The lowest BCUT2D eigenvalue weighted by atomic mass is 9.83. The van der Waals surface area contributed by atoms with Gasteiger partial charge < -0.3 is 30.3 Å². The fraction of sp³-hybridized carbons (Fsp3) is 0.909. The summed E-state index contributed by atoms with van der Waals surface area (Å²) in [5, 5.41) is 44.9. The van der Waals surface area contributed by atoms with Gasteiger partial charge in [0.2, 0.25) is 0 Å². The highest BCUT2D eigenvalue weighted by molar-refractivity contribution is 5.69. The average molecular weight is 437 g/mol. The summed E-state index contributed by atoms with van der Waals surface area (Å²) in [6, 6.07) is 0. The summed E-state index contributed by atoms with van der Waals surface area (Å²) in [6.45, 7) is 9.22. The van der Waals surface area contributed by atoms with Crippen molar-refractivity contribution < 1.29 is 39.9 Å². The standard InChI is InChI=1S/C14H28O6.C8H16O2/c1-11(4-12(18)19)5-13(2,3)9-20-10-14(6-15,7-16)8-17;1-3-5-6-7(4-2)8(9)10/h11,15-17H,4-10H2,1-3H3,(H,18,19);7H,3-6H2,1-2H3,(H,9,10). The molecule has 30 heavy (non-hydrogen) atoms. The van der Waals surface area contributed by atoms with Crippen LogP contribution in [0.15, 0.2) is 0 Å². The Morgan fingerprint density at radius 3 is 1.87 bits per heavy atom. The number of carboxylic acid groups (broad SMARTS) is 2. The van der Waals surface area contributed by atoms with Crippen LogP contribution in [0, 0.1) is 22.7 Å². The van der Waals surface area contributed by atoms with E-state index in [2.05, 4.69) is 6.92 Å². The van der Waals surface area contributed by atoms with Crippen molar-refractivity contribution in [3.05, 3.63) is 0 Å². The zero-order valence-corrected chi connectivity index (χ0v) is 19.4. The Balaban J connectivity index is 0. The van der Waals surface area contributed by atoms with Gasteiger partial charge >= 0.3 is 11.9 Å². The molecule has 0 spiro atoms. The number of rotatable bonds is 16. The third-order valence-electron chi connectivity index (χ3n) is 5.08. The van der Waals surface area contributed by atoms with Crippen LogP contribution in [-0.2, 0) is 14.3 Å². The Kier molecular flexibility index (Phi) is 17.0. The average Bonchev–Trinajstić information content (AvgIpc) is 2.65. The van der Waals surface area contributed by atoms with Crippen molar-refractivity contribution >= 4 is 11.9 Å². The first-order valence-electron chi connectivity index (χ1n) is 10.8. The van der Waals surface area contributed by atoms with Crippen LogP contribution in [0.2, 0.25) is 0 Å². The SMILES string of the molecule is CC(CC(=O)O)CC(C)(C)COCC(CO)(CO)CO.CCCCC(CC)C(=O)O. The third-order valence-corrected chi connectivity index (χ3v) is 5.08. The second kappa shape index (κ2) is 16.5. The van der Waals surface area contributed by atoms with Crippen LogP contribution in [-0.4, -0.2) is 70.5 Å². The first kappa shape index (κ1) is 31.0. The molecule has 0 heterocycles. The molecule has 2 atom stereocenters. The zero-order valence-electron chi connectivity index (χ0n) is 19.4. The molecular formula is C22H44O8. The van der Waals surface area contributed by atoms with Gasteiger partial charge in [-0.3, -0.25) is 9.59 Å². The molecule has 0 aromatic carbocycles. The maximum Gasteiger partial charge on any atom is 0.306 e. The third kappa shape index (κ3) is 14.7. The van der Waals surface area contributed by atoms with E-state index in [0.717, 1.165) is 25.7 Å². The van der Waals surface area contributed by atoms with Crippen LogP contribution < -0.4 is 0 Å². The van der Waals surface area contributed by atoms with E-state index >= 15 is 0 Å². The van der Waals surface area contributed by atoms with Crippen molar-refractivity contribution in [2.24, 2.45) is 22.7 Å². The van der Waals surface area contributed by atoms with Crippen molar-refractivity contribution in [1.82, 2.24) is 0 Å². The summed E-state index contributed by atoms with van der Waals surface area (Å²) < 4.78 is 5.52. The topological polar surface area (TPSA) is 145 Å². The van der Waals surface area contributed by atoms with E-state index in [0.29, 0.717) is 13.0 Å². The van der Waals surface area contributed by atoms with Gasteiger partial charge in [0, 0.05) is 6.42 Å². The number of carbonyl (C=O) groups is 2. The van der Waals surface area contributed by atoms with Gasteiger partial charge in [-0.25, -0.2) is 0 Å². The molecule has 0 aliphatic carbocycles. The molecule has 0 fully saturated rings. The fourth-order valence-electron chi connectivity index (χ4n) is 3.16. The van der Waals surface area contributed by atoms with Crippen LogP contribution >= 0.6 is 0 Å². The summed E-state index contributed by atoms with van der Waals surface area (Å²) in [7, 11) is 0. The van der Waals surface area contributed by atoms with E-state index in [-0.39, 0.29) is 50.1 Å². The van der Waals surface area contributed by atoms with Crippen LogP contribution in [0.4, 0.5) is 0 Å². The first-order chi connectivity index (χ1) is 13.9. The van der Waals surface area contributed by atoms with E-state index in [1.54, 1.807) is 0 Å². The Labute approximate surface area is 181 Å². The molecule has 0 saturated carbocycles. The molecule has 0 radical (unpaired) electrons. The van der Waals surface area contributed by atoms with E-state index in [9.17, 15) is 24.9 Å². The number of hydrogen-bond donors (Lipinski definition) is 5. The molecule has 0 aromatic rings. The van der Waals surface area contributed by atoms with Gasteiger partial charge in [0.05, 0.1) is 44.4 Å². The summed E-state index contributed by atoms with van der Waals surface area (Å²) in [6.07, 6.45) is 4.53. The second-order valence-corrected chi connectivity index (χ2v) is 9.12. The van der Waals surface area contributed by atoms with Crippen molar-refractivity contribution in [3.63, 3.8) is 0 Å². The minimum absolute atomic E-state index is 0.0457. The largest absolute Gasteiger partial charge is 0.481 e. The molecule has 0 bridgehead atoms. The van der Waals surface area contributed by atoms with Gasteiger partial charge in [-0.05, 0) is 30.6 Å². The van der Waals surface area contributed by atoms with Crippen molar-refractivity contribution in [1.29, 1.82) is 0 Å². The Morgan fingerprint density at radius 1 is 0.967 bits per heavy atom. The number of ether oxygens (including phenoxy) is 1. The Bertz CT molecular complexity index is 452. The smallest absolute Gasteiger partial charge is 0.306 e. The molecular weight excluding hydrogens is 392 g/mol. The lowest BCUT2D eigenvalue weighted by Crippen LogP contribution is -2.39. The van der Waals surface area contributed by atoms with E-state index < -0.39 is 17.4 Å². The number of hydrogen-bond acceptors (Lipinski definition) is 6. The Morgan fingerprint density at radius 2 is 1.50 bits per heavy atom. The van der Waals surface area contributed by atoms with E-state index in [1.807, 2.05) is 27.7 Å². The molecule has 0 rings (SSSR count). The zero-order chi connectivity index (χ0) is 23.8. The van der Waals surface area contributed by atoms with E-state index in [1.165, 1.54) is 0 Å². The number of aliphatic hydroxyl groups is 3. The maximum atomic E-state index is 10.6. The number of aliphatic hydroxyl groups excluding tert-OH is 3. The van der Waals surface area contributed by atoms with Gasteiger partial charge in [-0.1, -0.05) is 47.5 Å². The molecule has 0 aliphatic rings. The van der Waals surface area contributed by atoms with Crippen molar-refractivity contribution in [2.75, 3.05) is 33.0 Å². The van der Waals surface area contributed by atoms with Gasteiger partial charge in [0.15, 0.2) is 0 Å². The summed E-state index contributed by atoms with van der Waals surface area (Å²) >= 11 is 0. The van der Waals surface area contributed by atoms with Crippen molar-refractivity contribution in [2.45, 2.75) is 73.1 Å². The molecule has 8 nitrogen and oxygen atoms in total. The van der Waals surface area contributed by atoms with Crippen LogP contribution in [0.1, 0.15) is 73.1 Å². The van der Waals surface area contributed by atoms with Crippen LogP contribution in [0.25, 0.3) is 0 Å². The quantitative estimate of drug-likeness (QED) is 0.248. The summed E-state index contributed by atoms with van der Waals surface area (Å²) in [4.78, 5) is 21.1. The molecule has 0 saturated heterocycles. The minimum Gasteiger partial charge on any atom is -0.481 e. The first-order valence-corrected chi connectivity index (χ1v) is 10.8. The normalized spacial score (nSPS) is 13.9. The molecule has 5 N–H and O–H groups in total. The second-order valence-electron chi connectivity index (χ2n) is 9.12. The molecule has 0 aromatic heterocycles. The highest BCUT2D eigenvalue weighted by atomic mass is 16.5. The molecule has 8 heteroatoms.